The molecule has 29 heavy (non-hydrogen) atoms. The minimum atomic E-state index is -0.455. The van der Waals surface area contributed by atoms with Gasteiger partial charge in [0.1, 0.15) is 11.4 Å². The van der Waals surface area contributed by atoms with Crippen LogP contribution in [0.4, 0.5) is 5.69 Å². The highest BCUT2D eigenvalue weighted by molar-refractivity contribution is 7.13. The first-order valence-corrected chi connectivity index (χ1v) is 10.4. The Morgan fingerprint density at radius 1 is 1.21 bits per heavy atom. The summed E-state index contributed by atoms with van der Waals surface area (Å²) < 4.78 is 1.48. The molecule has 4 rings (SSSR count). The molecule has 0 radical (unpaired) electrons. The maximum absolute atomic E-state index is 12.9. The number of thiophene rings is 1. The van der Waals surface area contributed by atoms with Gasteiger partial charge in [0.2, 0.25) is 0 Å². The number of rotatable bonds is 7. The first-order chi connectivity index (χ1) is 14.1. The number of amides is 1. The molecule has 2 aromatic heterocycles. The maximum atomic E-state index is 12.9. The lowest BCUT2D eigenvalue weighted by atomic mass is 10.2. The summed E-state index contributed by atoms with van der Waals surface area (Å²) in [5.41, 5.74) is 1.45. The molecule has 0 unspecified atom stereocenters. The average molecular weight is 411 g/mol. The summed E-state index contributed by atoms with van der Waals surface area (Å²) in [6.07, 6.45) is 2.41. The van der Waals surface area contributed by atoms with E-state index in [1.54, 1.807) is 18.2 Å². The van der Waals surface area contributed by atoms with E-state index in [2.05, 4.69) is 15.3 Å². The van der Waals surface area contributed by atoms with Crippen molar-refractivity contribution < 1.29 is 9.72 Å². The quantitative estimate of drug-likeness (QED) is 0.475. The van der Waals surface area contributed by atoms with Crippen LogP contribution in [0.5, 0.6) is 0 Å². The highest BCUT2D eigenvalue weighted by atomic mass is 32.1. The summed E-state index contributed by atoms with van der Waals surface area (Å²) in [6.45, 7) is 3.51. The number of nitro benzene ring substituents is 1. The zero-order valence-electron chi connectivity index (χ0n) is 15.8. The Morgan fingerprint density at radius 2 is 2.03 bits per heavy atom. The number of nitro groups is 1. The lowest BCUT2D eigenvalue weighted by Crippen LogP contribution is -2.34. The molecule has 0 bridgehead atoms. The number of nitrogens with one attached hydrogen (secondary N) is 1. The third-order valence-electron chi connectivity index (χ3n) is 4.91. The van der Waals surface area contributed by atoms with Gasteiger partial charge in [0.05, 0.1) is 15.5 Å². The van der Waals surface area contributed by atoms with Crippen molar-refractivity contribution in [3.8, 4) is 16.3 Å². The van der Waals surface area contributed by atoms with Crippen LogP contribution in [0.25, 0.3) is 16.3 Å². The second-order valence-electron chi connectivity index (χ2n) is 6.89. The molecule has 1 aliphatic rings. The van der Waals surface area contributed by atoms with Gasteiger partial charge in [-0.15, -0.1) is 11.3 Å². The van der Waals surface area contributed by atoms with Gasteiger partial charge in [-0.25, -0.2) is 4.68 Å². The molecule has 1 fully saturated rings. The van der Waals surface area contributed by atoms with Gasteiger partial charge in [-0.1, -0.05) is 12.1 Å². The molecule has 3 heterocycles. The van der Waals surface area contributed by atoms with Crippen molar-refractivity contribution in [3.63, 3.8) is 0 Å². The molecule has 1 aliphatic heterocycles. The van der Waals surface area contributed by atoms with Crippen LogP contribution in [0, 0.1) is 10.1 Å². The van der Waals surface area contributed by atoms with Crippen molar-refractivity contribution in [2.45, 2.75) is 12.8 Å². The van der Waals surface area contributed by atoms with Crippen LogP contribution >= 0.6 is 11.3 Å². The van der Waals surface area contributed by atoms with Crippen molar-refractivity contribution in [1.82, 2.24) is 20.0 Å². The molecule has 0 spiro atoms. The van der Waals surface area contributed by atoms with Crippen LogP contribution in [-0.4, -0.2) is 51.7 Å². The van der Waals surface area contributed by atoms with Crippen molar-refractivity contribution in [1.29, 1.82) is 0 Å². The fourth-order valence-corrected chi connectivity index (χ4v) is 4.13. The summed E-state index contributed by atoms with van der Waals surface area (Å²) in [4.78, 5) is 26.9. The van der Waals surface area contributed by atoms with Gasteiger partial charge in [-0.2, -0.15) is 5.10 Å². The minimum absolute atomic E-state index is 0.0453. The molecule has 0 atom stereocenters. The normalized spacial score (nSPS) is 14.2. The largest absolute Gasteiger partial charge is 0.349 e. The molecule has 3 aromatic rings. The zero-order valence-corrected chi connectivity index (χ0v) is 16.6. The second-order valence-corrected chi connectivity index (χ2v) is 7.83. The Kier molecular flexibility index (Phi) is 5.68. The van der Waals surface area contributed by atoms with Crippen LogP contribution in [0.1, 0.15) is 23.3 Å². The second kappa shape index (κ2) is 8.54. The van der Waals surface area contributed by atoms with Gasteiger partial charge in [0.25, 0.3) is 11.6 Å². The summed E-state index contributed by atoms with van der Waals surface area (Å²) in [7, 11) is 0. The van der Waals surface area contributed by atoms with Gasteiger partial charge >= 0.3 is 0 Å². The highest BCUT2D eigenvalue weighted by Gasteiger charge is 2.20. The lowest BCUT2D eigenvalue weighted by Gasteiger charge is -2.15. The van der Waals surface area contributed by atoms with E-state index >= 15 is 0 Å². The molecular formula is C20H21N5O3S. The summed E-state index contributed by atoms with van der Waals surface area (Å²) in [5, 5.41) is 20.6. The smallest absolute Gasteiger partial charge is 0.271 e. The number of hydrogen-bond acceptors (Lipinski definition) is 6. The van der Waals surface area contributed by atoms with E-state index in [9.17, 15) is 14.9 Å². The Balaban J connectivity index is 1.61. The molecule has 150 valence electrons. The third kappa shape index (κ3) is 4.36. The maximum Gasteiger partial charge on any atom is 0.271 e. The van der Waals surface area contributed by atoms with Crippen LogP contribution in [0.15, 0.2) is 47.8 Å². The number of non-ortho nitro benzene ring substituents is 1. The lowest BCUT2D eigenvalue weighted by molar-refractivity contribution is -0.384. The molecular weight excluding hydrogens is 390 g/mol. The molecule has 1 N–H and O–H groups in total. The fraction of sp³-hybridized carbons (Fsp3) is 0.300. The van der Waals surface area contributed by atoms with E-state index in [0.717, 1.165) is 24.5 Å². The van der Waals surface area contributed by atoms with Gasteiger partial charge in [0, 0.05) is 25.2 Å². The molecule has 1 amide bonds. The summed E-state index contributed by atoms with van der Waals surface area (Å²) >= 11 is 1.53. The van der Waals surface area contributed by atoms with Crippen molar-refractivity contribution in [2.24, 2.45) is 0 Å². The van der Waals surface area contributed by atoms with E-state index in [1.165, 1.54) is 41.0 Å². The molecule has 0 saturated carbocycles. The number of carbonyl (C=O) groups is 1. The Hall–Kier alpha value is -3.04. The van der Waals surface area contributed by atoms with E-state index in [-0.39, 0.29) is 11.6 Å². The monoisotopic (exact) mass is 411 g/mol. The zero-order chi connectivity index (χ0) is 20.2. The summed E-state index contributed by atoms with van der Waals surface area (Å²) in [6, 6.07) is 11.7. The van der Waals surface area contributed by atoms with E-state index < -0.39 is 4.92 Å². The highest BCUT2D eigenvalue weighted by Crippen LogP contribution is 2.26. The predicted octanol–water partition coefficient (Wildman–Crippen LogP) is 3.33. The Bertz CT molecular complexity index is 1010. The first-order valence-electron chi connectivity index (χ1n) is 9.51. The number of nitrogens with zero attached hydrogens (tertiary/aromatic N) is 4. The van der Waals surface area contributed by atoms with Crippen LogP contribution in [0.3, 0.4) is 0 Å². The van der Waals surface area contributed by atoms with Crippen molar-refractivity contribution in [2.75, 3.05) is 26.2 Å². The first kappa shape index (κ1) is 19.3. The Labute approximate surface area is 171 Å². The molecule has 1 aromatic carbocycles. The number of benzene rings is 1. The van der Waals surface area contributed by atoms with Gasteiger partial charge < -0.3 is 10.2 Å². The van der Waals surface area contributed by atoms with Crippen LogP contribution in [0.2, 0.25) is 0 Å². The predicted molar refractivity (Wildman–Crippen MR) is 112 cm³/mol. The number of hydrogen-bond donors (Lipinski definition) is 1. The van der Waals surface area contributed by atoms with E-state index in [0.29, 0.717) is 23.6 Å². The molecule has 0 aliphatic carbocycles. The van der Waals surface area contributed by atoms with Gasteiger partial charge in [-0.3, -0.25) is 14.9 Å². The Morgan fingerprint density at radius 3 is 2.76 bits per heavy atom. The molecule has 8 nitrogen and oxygen atoms in total. The van der Waals surface area contributed by atoms with Crippen LogP contribution < -0.4 is 5.32 Å². The molecule has 9 heteroatoms. The van der Waals surface area contributed by atoms with Crippen LogP contribution in [-0.2, 0) is 0 Å². The number of aromatic nitrogens is 2. The van der Waals surface area contributed by atoms with Crippen molar-refractivity contribution in [3.05, 3.63) is 63.7 Å². The molecule has 1 saturated heterocycles. The number of likely N-dealkylation sites (tertiary alicyclic amines) is 1. The fourth-order valence-electron chi connectivity index (χ4n) is 3.45. The average Bonchev–Trinajstić information content (AvgIpc) is 3.48. The van der Waals surface area contributed by atoms with Gasteiger partial charge in [-0.05, 0) is 49.5 Å². The van der Waals surface area contributed by atoms with E-state index in [4.69, 9.17) is 0 Å². The third-order valence-corrected chi connectivity index (χ3v) is 5.81. The SMILES string of the molecule is O=C(NCCN1CCCC1)c1cc(-c2cccs2)nn1-c1cccc([N+](=O)[O-])c1. The topological polar surface area (TPSA) is 93.3 Å². The minimum Gasteiger partial charge on any atom is -0.349 e. The van der Waals surface area contributed by atoms with E-state index in [1.807, 2.05) is 17.5 Å². The van der Waals surface area contributed by atoms with Gasteiger partial charge in [0.15, 0.2) is 0 Å². The number of carbonyl (C=O) groups excluding carboxylic acids is 1. The summed E-state index contributed by atoms with van der Waals surface area (Å²) in [5.74, 6) is -0.244. The standard InChI is InChI=1S/C20H21N5O3S/c26-20(21-8-11-23-9-1-2-10-23)18-14-17(19-7-4-12-29-19)22-24(18)15-5-3-6-16(13-15)25(27)28/h3-7,12-14H,1-2,8-11H2,(H,21,26). The van der Waals surface area contributed by atoms with Crippen molar-refractivity contribution >= 4 is 22.9 Å².